The summed E-state index contributed by atoms with van der Waals surface area (Å²) in [7, 11) is 0. The van der Waals surface area contributed by atoms with E-state index in [0.717, 1.165) is 96.3 Å². The molecule has 0 aromatic heterocycles. The molecule has 0 amide bonds. The second-order valence-electron chi connectivity index (χ2n) is 22.7. The highest BCUT2D eigenvalue weighted by Gasteiger charge is 2.19. The average molecular weight is 1130 g/mol. The Morgan fingerprint density at radius 1 is 0.259 bits per heavy atom. The Balaban J connectivity index is 4.14. The molecule has 0 radical (unpaired) electrons. The highest BCUT2D eigenvalue weighted by atomic mass is 16.6. The zero-order chi connectivity index (χ0) is 58.5. The summed E-state index contributed by atoms with van der Waals surface area (Å²) in [5.74, 6) is -0.966. The van der Waals surface area contributed by atoms with Crippen LogP contribution in [0.4, 0.5) is 0 Å². The summed E-state index contributed by atoms with van der Waals surface area (Å²) in [5, 5.41) is 0. The molecule has 0 rings (SSSR count). The summed E-state index contributed by atoms with van der Waals surface area (Å²) in [6.45, 7) is 6.38. The van der Waals surface area contributed by atoms with Gasteiger partial charge in [-0.25, -0.2) is 0 Å². The van der Waals surface area contributed by atoms with Gasteiger partial charge in [0.15, 0.2) is 6.10 Å². The lowest BCUT2D eigenvalue weighted by Crippen LogP contribution is -2.30. The second-order valence-corrected chi connectivity index (χ2v) is 22.7. The molecule has 0 aromatic carbocycles. The summed E-state index contributed by atoms with van der Waals surface area (Å²) >= 11 is 0. The molecule has 0 spiro atoms. The molecule has 0 aliphatic heterocycles. The molecule has 81 heavy (non-hydrogen) atoms. The van der Waals surface area contributed by atoms with Gasteiger partial charge >= 0.3 is 17.9 Å². The van der Waals surface area contributed by atoms with Gasteiger partial charge in [0.25, 0.3) is 0 Å². The molecular weight excluding hydrogens is 997 g/mol. The smallest absolute Gasteiger partial charge is 0.306 e. The molecule has 0 N–H and O–H groups in total. The van der Waals surface area contributed by atoms with Crippen molar-refractivity contribution >= 4 is 17.9 Å². The predicted molar refractivity (Wildman–Crippen MR) is 353 cm³/mol. The predicted octanol–water partition coefficient (Wildman–Crippen LogP) is 23.8. The van der Waals surface area contributed by atoms with Crippen molar-refractivity contribution in [3.05, 3.63) is 109 Å². The van der Waals surface area contributed by atoms with Crippen LogP contribution in [0.3, 0.4) is 0 Å². The SMILES string of the molecule is CC/C=C\C/C=C\C/C=C\C/C=C\C/C=C\CCCCCCCCCCCCCCCCCCCCCC(=O)OCC(COC(=O)CC/C=C\C/C=C\C/C=C\C/C=C\CC)OC(=O)CCCCCCCCCCCCCCCCC. The third-order valence-corrected chi connectivity index (χ3v) is 14.8. The van der Waals surface area contributed by atoms with Crippen LogP contribution >= 0.6 is 0 Å². The first kappa shape index (κ1) is 77.1. The molecule has 1 atom stereocenters. The quantitative estimate of drug-likeness (QED) is 0.0261. The second kappa shape index (κ2) is 68.6. The summed E-state index contributed by atoms with van der Waals surface area (Å²) in [5.41, 5.74) is 0. The summed E-state index contributed by atoms with van der Waals surface area (Å²) in [6.07, 6.45) is 94.3. The maximum Gasteiger partial charge on any atom is 0.306 e. The van der Waals surface area contributed by atoms with Gasteiger partial charge in [-0.05, 0) is 89.9 Å². The van der Waals surface area contributed by atoms with E-state index in [0.29, 0.717) is 19.3 Å². The zero-order valence-corrected chi connectivity index (χ0v) is 53.3. The molecule has 0 aliphatic rings. The van der Waals surface area contributed by atoms with Gasteiger partial charge in [-0.3, -0.25) is 14.4 Å². The van der Waals surface area contributed by atoms with Crippen LogP contribution < -0.4 is 0 Å². The van der Waals surface area contributed by atoms with Crippen molar-refractivity contribution in [2.75, 3.05) is 13.2 Å². The fraction of sp³-hybridized carbons (Fsp3) is 0.720. The molecule has 0 heterocycles. The molecule has 464 valence electrons. The lowest BCUT2D eigenvalue weighted by Gasteiger charge is -2.18. The monoisotopic (exact) mass is 1120 g/mol. The van der Waals surface area contributed by atoms with Gasteiger partial charge in [0.1, 0.15) is 13.2 Å². The van der Waals surface area contributed by atoms with E-state index >= 15 is 0 Å². The largest absolute Gasteiger partial charge is 0.462 e. The average Bonchev–Trinajstić information content (AvgIpc) is 3.46. The van der Waals surface area contributed by atoms with Gasteiger partial charge in [0.2, 0.25) is 0 Å². The molecule has 0 saturated carbocycles. The number of carbonyl (C=O) groups excluding carboxylic acids is 3. The van der Waals surface area contributed by atoms with Crippen molar-refractivity contribution < 1.29 is 28.6 Å². The van der Waals surface area contributed by atoms with E-state index in [1.165, 1.54) is 186 Å². The minimum atomic E-state index is -0.804. The van der Waals surface area contributed by atoms with Crippen molar-refractivity contribution in [2.24, 2.45) is 0 Å². The molecule has 0 fully saturated rings. The Hall–Kier alpha value is -3.93. The van der Waals surface area contributed by atoms with Crippen LogP contribution in [0, 0.1) is 0 Å². The van der Waals surface area contributed by atoms with Crippen molar-refractivity contribution in [3.8, 4) is 0 Å². The van der Waals surface area contributed by atoms with Gasteiger partial charge < -0.3 is 14.2 Å². The molecule has 0 bridgehead atoms. The van der Waals surface area contributed by atoms with E-state index in [1.807, 2.05) is 6.08 Å². The zero-order valence-electron chi connectivity index (χ0n) is 53.3. The first-order valence-electron chi connectivity index (χ1n) is 34.4. The normalized spacial score (nSPS) is 12.8. The number of carbonyl (C=O) groups is 3. The fourth-order valence-corrected chi connectivity index (χ4v) is 9.72. The molecule has 6 nitrogen and oxygen atoms in total. The number of hydrogen-bond donors (Lipinski definition) is 0. The van der Waals surface area contributed by atoms with E-state index in [9.17, 15) is 14.4 Å². The number of unbranched alkanes of at least 4 members (excludes halogenated alkanes) is 33. The number of rotatable bonds is 62. The van der Waals surface area contributed by atoms with Crippen LogP contribution in [-0.4, -0.2) is 37.2 Å². The van der Waals surface area contributed by atoms with Crippen molar-refractivity contribution in [1.29, 1.82) is 0 Å². The number of allylic oxidation sites excluding steroid dienone is 18. The van der Waals surface area contributed by atoms with E-state index < -0.39 is 6.10 Å². The van der Waals surface area contributed by atoms with Gasteiger partial charge in [-0.15, -0.1) is 0 Å². The first-order chi connectivity index (χ1) is 40.0. The molecule has 0 saturated heterocycles. The highest BCUT2D eigenvalue weighted by Crippen LogP contribution is 2.17. The van der Waals surface area contributed by atoms with Crippen LogP contribution in [0.1, 0.15) is 329 Å². The van der Waals surface area contributed by atoms with Crippen molar-refractivity contribution in [1.82, 2.24) is 0 Å². The summed E-state index contributed by atoms with van der Waals surface area (Å²) in [4.78, 5) is 38.3. The Morgan fingerprint density at radius 2 is 0.506 bits per heavy atom. The maximum atomic E-state index is 12.9. The van der Waals surface area contributed by atoms with Crippen LogP contribution in [0.5, 0.6) is 0 Å². The summed E-state index contributed by atoms with van der Waals surface area (Å²) < 4.78 is 16.9. The highest BCUT2D eigenvalue weighted by molar-refractivity contribution is 5.71. The molecule has 0 aliphatic carbocycles. The van der Waals surface area contributed by atoms with Crippen LogP contribution in [0.15, 0.2) is 109 Å². The standard InChI is InChI=1S/C75H128O6/c1-4-7-10-13-16-19-22-25-27-28-29-30-31-32-33-34-35-36-37-38-39-40-41-42-43-44-45-46-48-50-53-56-59-62-65-68-74(77)80-71-72(70-79-73(76)67-64-61-58-55-52-49-24-21-18-15-12-9-6-3)81-75(78)69-66-63-60-57-54-51-47-26-23-20-17-14-11-8-5-2/h7,9-10,12,16,18-19,21,25,27,29-30,32-33,49,52,58,61,72H,4-6,8,11,13-15,17,20,22-24,26,28,31,34-48,50-51,53-57,59-60,62-71H2,1-3H3/b10-7-,12-9-,19-16-,21-18-,27-25-,30-29-,33-32-,52-49-,61-58-. The number of esters is 3. The molecular formula is C75H128O6. The Bertz CT molecular complexity index is 1620. The number of ether oxygens (including phenoxy) is 3. The minimum absolute atomic E-state index is 0.0954. The third-order valence-electron chi connectivity index (χ3n) is 14.8. The summed E-state index contributed by atoms with van der Waals surface area (Å²) in [6, 6.07) is 0. The first-order valence-corrected chi connectivity index (χ1v) is 34.4. The maximum absolute atomic E-state index is 12.9. The fourth-order valence-electron chi connectivity index (χ4n) is 9.72. The van der Waals surface area contributed by atoms with Gasteiger partial charge in [-0.1, -0.05) is 329 Å². The van der Waals surface area contributed by atoms with Gasteiger partial charge in [0, 0.05) is 19.3 Å². The molecule has 0 aromatic rings. The Morgan fingerprint density at radius 3 is 0.827 bits per heavy atom. The third kappa shape index (κ3) is 66.8. The molecule has 6 heteroatoms. The Kier molecular flexibility index (Phi) is 65.2. The topological polar surface area (TPSA) is 78.9 Å². The lowest BCUT2D eigenvalue weighted by molar-refractivity contribution is -0.166. The Labute approximate surface area is 501 Å². The van der Waals surface area contributed by atoms with E-state index in [2.05, 4.69) is 124 Å². The van der Waals surface area contributed by atoms with E-state index in [-0.39, 0.29) is 37.5 Å². The van der Waals surface area contributed by atoms with E-state index in [1.54, 1.807) is 0 Å². The van der Waals surface area contributed by atoms with Crippen LogP contribution in [0.25, 0.3) is 0 Å². The van der Waals surface area contributed by atoms with Crippen molar-refractivity contribution in [3.63, 3.8) is 0 Å². The van der Waals surface area contributed by atoms with Crippen LogP contribution in [0.2, 0.25) is 0 Å². The van der Waals surface area contributed by atoms with E-state index in [4.69, 9.17) is 14.2 Å². The van der Waals surface area contributed by atoms with Gasteiger partial charge in [0.05, 0.1) is 0 Å². The van der Waals surface area contributed by atoms with Gasteiger partial charge in [-0.2, -0.15) is 0 Å². The lowest BCUT2D eigenvalue weighted by atomic mass is 10.0. The minimum Gasteiger partial charge on any atom is -0.462 e. The number of hydrogen-bond acceptors (Lipinski definition) is 6. The molecule has 1 unspecified atom stereocenters. The van der Waals surface area contributed by atoms with Crippen molar-refractivity contribution in [2.45, 2.75) is 335 Å². The van der Waals surface area contributed by atoms with Crippen LogP contribution in [-0.2, 0) is 28.6 Å².